The lowest BCUT2D eigenvalue weighted by Gasteiger charge is -2.24. The molecule has 2 aromatic rings. The molecule has 0 aliphatic rings. The van der Waals surface area contributed by atoms with Crippen LogP contribution in [0.4, 0.5) is 0 Å². The molecule has 4 amide bonds. The Labute approximate surface area is 213 Å². The van der Waals surface area contributed by atoms with Crippen molar-refractivity contribution in [2.75, 3.05) is 0 Å². The molecule has 0 fully saturated rings. The summed E-state index contributed by atoms with van der Waals surface area (Å²) in [6, 6.07) is 12.4. The largest absolute Gasteiger partial charge is 0.481 e. The normalized spacial score (nSPS) is 13.8. The number of amides is 4. The van der Waals surface area contributed by atoms with E-state index in [0.29, 0.717) is 0 Å². The molecule has 0 saturated heterocycles. The Hall–Kier alpha value is -4.29. The van der Waals surface area contributed by atoms with E-state index in [-0.39, 0.29) is 12.0 Å². The fourth-order valence-electron chi connectivity index (χ4n) is 3.38. The molecule has 0 spiro atoms. The van der Waals surface area contributed by atoms with Gasteiger partial charge in [-0.05, 0) is 43.5 Å². The maximum absolute atomic E-state index is 12.8. The van der Waals surface area contributed by atoms with Gasteiger partial charge in [0.1, 0.15) is 18.1 Å². The Morgan fingerprint density at radius 3 is 1.95 bits per heavy atom. The number of hydrogen-bond acceptors (Lipinski definition) is 7. The van der Waals surface area contributed by atoms with Crippen molar-refractivity contribution in [3.05, 3.63) is 60.2 Å². The first-order chi connectivity index (χ1) is 17.5. The summed E-state index contributed by atoms with van der Waals surface area (Å²) in [6.45, 7) is 2.63. The molecule has 0 radical (unpaired) electrons. The van der Waals surface area contributed by atoms with Crippen molar-refractivity contribution >= 4 is 29.6 Å². The van der Waals surface area contributed by atoms with Crippen LogP contribution in [0.2, 0.25) is 0 Å². The highest BCUT2D eigenvalue weighted by Crippen LogP contribution is 2.19. The van der Waals surface area contributed by atoms with E-state index in [1.54, 1.807) is 24.3 Å². The molecule has 0 aliphatic carbocycles. The van der Waals surface area contributed by atoms with Gasteiger partial charge in [-0.3, -0.25) is 29.4 Å². The first-order valence-corrected chi connectivity index (χ1v) is 11.5. The highest BCUT2D eigenvalue weighted by Gasteiger charge is 2.30. The Morgan fingerprint density at radius 2 is 1.41 bits per heavy atom. The molecule has 0 unspecified atom stereocenters. The molecule has 8 N–H and O–H groups in total. The van der Waals surface area contributed by atoms with Crippen molar-refractivity contribution in [1.29, 1.82) is 0 Å². The first-order valence-electron chi connectivity index (χ1n) is 11.5. The lowest BCUT2D eigenvalue weighted by Crippen LogP contribution is -2.58. The molecule has 0 heterocycles. The third-order valence-electron chi connectivity index (χ3n) is 5.48. The van der Waals surface area contributed by atoms with Gasteiger partial charge >= 0.3 is 5.97 Å². The molecule has 0 saturated carbocycles. The molecule has 198 valence electrons. The topological polar surface area (TPSA) is 200 Å². The number of carboxylic acids is 1. The van der Waals surface area contributed by atoms with Gasteiger partial charge in [-0.1, -0.05) is 42.5 Å². The van der Waals surface area contributed by atoms with Crippen LogP contribution in [0, 0.1) is 0 Å². The molecule has 0 aromatic heterocycles. The van der Waals surface area contributed by atoms with E-state index >= 15 is 0 Å². The predicted molar refractivity (Wildman–Crippen MR) is 134 cm³/mol. The van der Waals surface area contributed by atoms with E-state index < -0.39 is 60.2 Å². The van der Waals surface area contributed by atoms with Crippen molar-refractivity contribution in [3.63, 3.8) is 0 Å². The van der Waals surface area contributed by atoms with Gasteiger partial charge < -0.3 is 26.2 Å². The number of carboxylic acid groups (broad SMARTS) is 1. The second-order valence-corrected chi connectivity index (χ2v) is 8.37. The van der Waals surface area contributed by atoms with Crippen molar-refractivity contribution in [2.45, 2.75) is 50.9 Å². The van der Waals surface area contributed by atoms with Crippen LogP contribution in [0.15, 0.2) is 54.6 Å². The highest BCUT2D eigenvalue weighted by atomic mass is 16.4. The zero-order valence-corrected chi connectivity index (χ0v) is 20.4. The summed E-state index contributed by atoms with van der Waals surface area (Å²) in [5.74, 6) is 0.872. The van der Waals surface area contributed by atoms with E-state index in [4.69, 9.17) is 10.9 Å². The van der Waals surface area contributed by atoms with Crippen LogP contribution in [0.5, 0.6) is 0 Å². The maximum Gasteiger partial charge on any atom is 0.303 e. The number of rotatable bonds is 12. The average Bonchev–Trinajstić information content (AvgIpc) is 2.88. The molecule has 2 aromatic carbocycles. The molecule has 4 atom stereocenters. The molecule has 0 bridgehead atoms. The standard InChI is InChI=1S/C25H31N5O7/c1-14(22(34)28-19(24(36)30-26)12-13-20(32)33)27-25(37)21(15(2)31)29-23(35)18-10-8-17(9-11-18)16-6-4-3-5-7-16/h3-11,14-15,19,21,31H,12-13,26H2,1-2H3,(H,27,37)(H,28,34)(H,29,35)(H,30,36)(H,32,33)/t14-,15+,19-,21-/m0/s1. The number of carbonyl (C=O) groups is 5. The van der Waals surface area contributed by atoms with Gasteiger partial charge in [0.05, 0.1) is 6.10 Å². The van der Waals surface area contributed by atoms with Crippen LogP contribution >= 0.6 is 0 Å². The number of aliphatic hydroxyl groups excluding tert-OH is 1. The van der Waals surface area contributed by atoms with E-state index in [1.807, 2.05) is 35.8 Å². The number of aliphatic carboxylic acids is 1. The minimum atomic E-state index is -1.38. The summed E-state index contributed by atoms with van der Waals surface area (Å²) < 4.78 is 0. The second-order valence-electron chi connectivity index (χ2n) is 8.37. The van der Waals surface area contributed by atoms with Crippen LogP contribution in [0.25, 0.3) is 11.1 Å². The third-order valence-corrected chi connectivity index (χ3v) is 5.48. The smallest absolute Gasteiger partial charge is 0.303 e. The summed E-state index contributed by atoms with van der Waals surface area (Å²) in [4.78, 5) is 60.6. The lowest BCUT2D eigenvalue weighted by atomic mass is 10.0. The number of hydrazine groups is 1. The summed E-state index contributed by atoms with van der Waals surface area (Å²) in [7, 11) is 0. The van der Waals surface area contributed by atoms with Gasteiger partial charge in [-0.2, -0.15) is 0 Å². The molecule has 12 nitrogen and oxygen atoms in total. The molecule has 12 heteroatoms. The zero-order valence-electron chi connectivity index (χ0n) is 20.4. The van der Waals surface area contributed by atoms with Gasteiger partial charge in [0, 0.05) is 12.0 Å². The molecule has 2 rings (SSSR count). The Bertz CT molecular complexity index is 1110. The fourth-order valence-corrected chi connectivity index (χ4v) is 3.38. The van der Waals surface area contributed by atoms with Gasteiger partial charge in [0.15, 0.2) is 0 Å². The molecular weight excluding hydrogens is 482 g/mol. The SMILES string of the molecule is C[C@H](NC(=O)[C@@H](NC(=O)c1ccc(-c2ccccc2)cc1)[C@@H](C)O)C(=O)N[C@@H](CCC(=O)O)C(=O)NN. The molecule has 37 heavy (non-hydrogen) atoms. The number of carbonyl (C=O) groups excluding carboxylic acids is 4. The summed E-state index contributed by atoms with van der Waals surface area (Å²) in [6.07, 6.45) is -1.92. The van der Waals surface area contributed by atoms with Crippen molar-refractivity contribution in [1.82, 2.24) is 21.4 Å². The zero-order chi connectivity index (χ0) is 27.5. The molecular formula is C25H31N5O7. The Balaban J connectivity index is 2.02. The minimum absolute atomic E-state index is 0.222. The molecule has 0 aliphatic heterocycles. The predicted octanol–water partition coefficient (Wildman–Crippen LogP) is -0.323. The number of hydrogen-bond donors (Lipinski definition) is 7. The quantitative estimate of drug-likeness (QED) is 0.114. The summed E-state index contributed by atoms with van der Waals surface area (Å²) >= 11 is 0. The summed E-state index contributed by atoms with van der Waals surface area (Å²) in [5.41, 5.74) is 3.97. The van der Waals surface area contributed by atoms with E-state index in [0.717, 1.165) is 11.1 Å². The number of benzene rings is 2. The minimum Gasteiger partial charge on any atom is -0.481 e. The van der Waals surface area contributed by atoms with E-state index in [1.165, 1.54) is 13.8 Å². The highest BCUT2D eigenvalue weighted by molar-refractivity contribution is 5.99. The average molecular weight is 514 g/mol. The van der Waals surface area contributed by atoms with Crippen LogP contribution in [-0.4, -0.2) is 64.0 Å². The number of nitrogens with two attached hydrogens (primary N) is 1. The van der Waals surface area contributed by atoms with Crippen LogP contribution in [0.3, 0.4) is 0 Å². The Kier molecular flexibility index (Phi) is 10.7. The first kappa shape index (κ1) is 28.9. The van der Waals surface area contributed by atoms with Gasteiger partial charge in [0.25, 0.3) is 11.8 Å². The fraction of sp³-hybridized carbons (Fsp3) is 0.320. The van der Waals surface area contributed by atoms with Crippen LogP contribution < -0.4 is 27.2 Å². The van der Waals surface area contributed by atoms with Crippen LogP contribution in [0.1, 0.15) is 37.0 Å². The van der Waals surface area contributed by atoms with Gasteiger partial charge in [-0.15, -0.1) is 0 Å². The van der Waals surface area contributed by atoms with Gasteiger partial charge in [-0.25, -0.2) is 5.84 Å². The van der Waals surface area contributed by atoms with Gasteiger partial charge in [0.2, 0.25) is 11.8 Å². The number of nitrogens with one attached hydrogen (secondary N) is 4. The second kappa shape index (κ2) is 13.7. The summed E-state index contributed by atoms with van der Waals surface area (Å²) in [5, 5.41) is 26.1. The Morgan fingerprint density at radius 1 is 0.811 bits per heavy atom. The van der Waals surface area contributed by atoms with E-state index in [2.05, 4.69) is 16.0 Å². The number of aliphatic hydroxyl groups is 1. The third kappa shape index (κ3) is 8.70. The lowest BCUT2D eigenvalue weighted by molar-refractivity contribution is -0.138. The monoisotopic (exact) mass is 513 g/mol. The van der Waals surface area contributed by atoms with Crippen molar-refractivity contribution in [3.8, 4) is 11.1 Å². The van der Waals surface area contributed by atoms with E-state index in [9.17, 15) is 29.1 Å². The van der Waals surface area contributed by atoms with Crippen molar-refractivity contribution in [2.24, 2.45) is 5.84 Å². The van der Waals surface area contributed by atoms with Crippen molar-refractivity contribution < 1.29 is 34.2 Å². The maximum atomic E-state index is 12.8. The van der Waals surface area contributed by atoms with Crippen LogP contribution in [-0.2, 0) is 19.2 Å².